The van der Waals surface area contributed by atoms with E-state index in [0.717, 1.165) is 13.0 Å². The summed E-state index contributed by atoms with van der Waals surface area (Å²) in [6, 6.07) is 9.02. The van der Waals surface area contributed by atoms with Gasteiger partial charge in [0.05, 0.1) is 12.6 Å². The van der Waals surface area contributed by atoms with Gasteiger partial charge in [-0.05, 0) is 30.4 Å². The molecular weight excluding hydrogens is 210 g/mol. The lowest BCUT2D eigenvalue weighted by molar-refractivity contribution is 0.00409. The van der Waals surface area contributed by atoms with Crippen molar-refractivity contribution in [1.82, 2.24) is 5.48 Å². The predicted octanol–water partition coefficient (Wildman–Crippen LogP) is 3.88. The van der Waals surface area contributed by atoms with E-state index in [2.05, 4.69) is 57.4 Å². The van der Waals surface area contributed by atoms with Crippen LogP contribution in [0.25, 0.3) is 0 Å². The molecular formula is C15H25NO. The molecule has 0 aromatic heterocycles. The molecule has 1 aromatic carbocycles. The summed E-state index contributed by atoms with van der Waals surface area (Å²) in [6.07, 6.45) is 2.36. The van der Waals surface area contributed by atoms with Gasteiger partial charge in [-0.3, -0.25) is 0 Å². The largest absolute Gasteiger partial charge is 0.301 e. The van der Waals surface area contributed by atoms with Crippen molar-refractivity contribution in [1.29, 1.82) is 0 Å². The Labute approximate surface area is 105 Å². The standard InChI is InChI=1S/C15H25NO/c1-5-6-14-7-9-15(10-8-14)13(4)16-17-11-12(2)3/h7-10,12-13,16H,5-6,11H2,1-4H3. The van der Waals surface area contributed by atoms with E-state index in [4.69, 9.17) is 4.84 Å². The van der Waals surface area contributed by atoms with Gasteiger partial charge in [0, 0.05) is 0 Å². The molecule has 1 aromatic rings. The molecule has 0 saturated heterocycles. The molecule has 2 nitrogen and oxygen atoms in total. The van der Waals surface area contributed by atoms with E-state index in [0.29, 0.717) is 5.92 Å². The van der Waals surface area contributed by atoms with Gasteiger partial charge >= 0.3 is 0 Å². The Hall–Kier alpha value is -0.860. The highest BCUT2D eigenvalue weighted by molar-refractivity contribution is 5.24. The van der Waals surface area contributed by atoms with E-state index < -0.39 is 0 Å². The highest BCUT2D eigenvalue weighted by Crippen LogP contribution is 2.14. The van der Waals surface area contributed by atoms with Crippen LogP contribution in [0.3, 0.4) is 0 Å². The molecule has 0 aliphatic rings. The van der Waals surface area contributed by atoms with Crippen LogP contribution in [0, 0.1) is 5.92 Å². The second kappa shape index (κ2) is 7.46. The second-order valence-electron chi connectivity index (χ2n) is 5.04. The zero-order chi connectivity index (χ0) is 12.7. The molecule has 0 heterocycles. The van der Waals surface area contributed by atoms with Crippen LogP contribution < -0.4 is 5.48 Å². The van der Waals surface area contributed by atoms with E-state index in [1.165, 1.54) is 17.5 Å². The van der Waals surface area contributed by atoms with Crippen LogP contribution in [0.1, 0.15) is 51.3 Å². The Kier molecular flexibility index (Phi) is 6.23. The third-order valence-corrected chi connectivity index (χ3v) is 2.70. The van der Waals surface area contributed by atoms with Crippen molar-refractivity contribution in [3.8, 4) is 0 Å². The number of hydrogen-bond donors (Lipinski definition) is 1. The first-order valence-electron chi connectivity index (χ1n) is 6.59. The van der Waals surface area contributed by atoms with Gasteiger partial charge in [-0.2, -0.15) is 5.48 Å². The van der Waals surface area contributed by atoms with Gasteiger partial charge in [0.1, 0.15) is 0 Å². The normalized spacial score (nSPS) is 13.0. The fourth-order valence-electron chi connectivity index (χ4n) is 1.67. The maximum Gasteiger partial charge on any atom is 0.0705 e. The monoisotopic (exact) mass is 235 g/mol. The van der Waals surface area contributed by atoms with Crippen LogP contribution in [0.5, 0.6) is 0 Å². The topological polar surface area (TPSA) is 21.3 Å². The number of hydrogen-bond acceptors (Lipinski definition) is 2. The Bertz CT molecular complexity index is 305. The zero-order valence-electron chi connectivity index (χ0n) is 11.5. The van der Waals surface area contributed by atoms with Crippen molar-refractivity contribution in [2.45, 2.75) is 46.6 Å². The summed E-state index contributed by atoms with van der Waals surface area (Å²) in [6.45, 7) is 9.36. The van der Waals surface area contributed by atoms with Gasteiger partial charge in [0.25, 0.3) is 0 Å². The highest BCUT2D eigenvalue weighted by Gasteiger charge is 2.05. The van der Waals surface area contributed by atoms with Crippen LogP contribution >= 0.6 is 0 Å². The number of rotatable bonds is 7. The summed E-state index contributed by atoms with van der Waals surface area (Å²) in [7, 11) is 0. The molecule has 0 radical (unpaired) electrons. The molecule has 1 rings (SSSR count). The SMILES string of the molecule is CCCc1ccc(C(C)NOCC(C)C)cc1. The van der Waals surface area contributed by atoms with Crippen molar-refractivity contribution in [2.75, 3.05) is 6.61 Å². The number of nitrogens with one attached hydrogen (secondary N) is 1. The van der Waals surface area contributed by atoms with Gasteiger partial charge in [-0.15, -0.1) is 0 Å². The Morgan fingerprint density at radius 1 is 1.12 bits per heavy atom. The first-order chi connectivity index (χ1) is 8.13. The van der Waals surface area contributed by atoms with Crippen LogP contribution in [-0.2, 0) is 11.3 Å². The van der Waals surface area contributed by atoms with E-state index >= 15 is 0 Å². The van der Waals surface area contributed by atoms with E-state index in [1.54, 1.807) is 0 Å². The highest BCUT2D eigenvalue weighted by atomic mass is 16.6. The summed E-state index contributed by atoms with van der Waals surface area (Å²) in [5.74, 6) is 0.557. The predicted molar refractivity (Wildman–Crippen MR) is 72.8 cm³/mol. The molecule has 0 saturated carbocycles. The minimum absolute atomic E-state index is 0.240. The average molecular weight is 235 g/mol. The molecule has 0 amide bonds. The van der Waals surface area contributed by atoms with Crippen molar-refractivity contribution in [3.05, 3.63) is 35.4 Å². The van der Waals surface area contributed by atoms with Gasteiger partial charge in [-0.1, -0.05) is 51.5 Å². The maximum absolute atomic E-state index is 5.44. The zero-order valence-corrected chi connectivity index (χ0v) is 11.5. The molecule has 0 fully saturated rings. The lowest BCUT2D eigenvalue weighted by atomic mass is 10.0. The van der Waals surface area contributed by atoms with Gasteiger partial charge in [0.15, 0.2) is 0 Å². The van der Waals surface area contributed by atoms with Gasteiger partial charge < -0.3 is 4.84 Å². The third kappa shape index (κ3) is 5.33. The second-order valence-corrected chi connectivity index (χ2v) is 5.04. The molecule has 17 heavy (non-hydrogen) atoms. The van der Waals surface area contributed by atoms with Crippen molar-refractivity contribution in [2.24, 2.45) is 5.92 Å². The van der Waals surface area contributed by atoms with Crippen LogP contribution in [0.15, 0.2) is 24.3 Å². The molecule has 1 atom stereocenters. The fourth-order valence-corrected chi connectivity index (χ4v) is 1.67. The van der Waals surface area contributed by atoms with E-state index in [-0.39, 0.29) is 6.04 Å². The summed E-state index contributed by atoms with van der Waals surface area (Å²) in [5.41, 5.74) is 5.76. The number of benzene rings is 1. The summed E-state index contributed by atoms with van der Waals surface area (Å²) in [4.78, 5) is 5.44. The van der Waals surface area contributed by atoms with Crippen molar-refractivity contribution >= 4 is 0 Å². The van der Waals surface area contributed by atoms with E-state index in [9.17, 15) is 0 Å². The van der Waals surface area contributed by atoms with Crippen molar-refractivity contribution < 1.29 is 4.84 Å². The smallest absolute Gasteiger partial charge is 0.0705 e. The first-order valence-corrected chi connectivity index (χ1v) is 6.59. The number of hydroxylamine groups is 1. The third-order valence-electron chi connectivity index (χ3n) is 2.70. The minimum atomic E-state index is 0.240. The van der Waals surface area contributed by atoms with Gasteiger partial charge in [0.2, 0.25) is 0 Å². The van der Waals surface area contributed by atoms with Gasteiger partial charge in [-0.25, -0.2) is 0 Å². The van der Waals surface area contributed by atoms with Crippen LogP contribution in [-0.4, -0.2) is 6.61 Å². The lowest BCUT2D eigenvalue weighted by Gasteiger charge is -2.15. The van der Waals surface area contributed by atoms with Crippen LogP contribution in [0.2, 0.25) is 0 Å². The molecule has 0 aliphatic heterocycles. The minimum Gasteiger partial charge on any atom is -0.301 e. The Morgan fingerprint density at radius 2 is 1.76 bits per heavy atom. The number of aryl methyl sites for hydroxylation is 1. The lowest BCUT2D eigenvalue weighted by Crippen LogP contribution is -2.21. The quantitative estimate of drug-likeness (QED) is 0.724. The molecule has 0 bridgehead atoms. The molecule has 1 N–H and O–H groups in total. The molecule has 0 aliphatic carbocycles. The Balaban J connectivity index is 2.43. The fraction of sp³-hybridized carbons (Fsp3) is 0.600. The first kappa shape index (κ1) is 14.2. The van der Waals surface area contributed by atoms with Crippen molar-refractivity contribution in [3.63, 3.8) is 0 Å². The molecule has 1 unspecified atom stereocenters. The van der Waals surface area contributed by atoms with Crippen LogP contribution in [0.4, 0.5) is 0 Å². The summed E-state index contributed by atoms with van der Waals surface area (Å²) in [5, 5.41) is 0. The van der Waals surface area contributed by atoms with E-state index in [1.807, 2.05) is 0 Å². The maximum atomic E-state index is 5.44. The molecule has 0 spiro atoms. The average Bonchev–Trinajstić information content (AvgIpc) is 2.30. The summed E-state index contributed by atoms with van der Waals surface area (Å²) < 4.78 is 0. The summed E-state index contributed by atoms with van der Waals surface area (Å²) >= 11 is 0. The molecule has 2 heteroatoms. The molecule has 96 valence electrons. The Morgan fingerprint density at radius 3 is 2.29 bits per heavy atom.